The maximum absolute atomic E-state index is 11.8. The number of aliphatic hydroxyl groups is 1. The summed E-state index contributed by atoms with van der Waals surface area (Å²) in [4.78, 5) is 35.3. The number of carbonyl (C=O) groups is 3. The Hall–Kier alpha value is -1.54. The van der Waals surface area contributed by atoms with Gasteiger partial charge < -0.3 is 14.9 Å². The molecule has 1 amide bonds. The zero-order valence-corrected chi connectivity index (χ0v) is 11.1. The molecule has 19 heavy (non-hydrogen) atoms. The van der Waals surface area contributed by atoms with E-state index in [0.29, 0.717) is 4.91 Å². The largest absolute Gasteiger partial charge is 0.477 e. The van der Waals surface area contributed by atoms with Gasteiger partial charge in [-0.3, -0.25) is 14.5 Å². The van der Waals surface area contributed by atoms with Crippen LogP contribution in [0.3, 0.4) is 0 Å². The van der Waals surface area contributed by atoms with E-state index in [-0.39, 0.29) is 12.3 Å². The number of β-lactam (4-membered cyclic amide) rings is 1. The first kappa shape index (κ1) is 13.9. The second-order valence-corrected chi connectivity index (χ2v) is 5.55. The highest BCUT2D eigenvalue weighted by molar-refractivity contribution is 8.04. The Labute approximate surface area is 113 Å². The van der Waals surface area contributed by atoms with Gasteiger partial charge in [-0.2, -0.15) is 0 Å². The Kier molecular flexibility index (Phi) is 3.55. The number of rotatable bonds is 4. The monoisotopic (exact) mass is 287 g/mol. The average molecular weight is 287 g/mol. The van der Waals surface area contributed by atoms with Crippen LogP contribution in [0.25, 0.3) is 0 Å². The van der Waals surface area contributed by atoms with Crippen molar-refractivity contribution in [2.24, 2.45) is 5.92 Å². The highest BCUT2D eigenvalue weighted by Crippen LogP contribution is 2.50. The quantitative estimate of drug-likeness (QED) is 0.543. The van der Waals surface area contributed by atoms with Crippen molar-refractivity contribution in [3.05, 3.63) is 10.6 Å². The summed E-state index contributed by atoms with van der Waals surface area (Å²) in [5.41, 5.74) is -0.154. The van der Waals surface area contributed by atoms with E-state index < -0.39 is 35.2 Å². The van der Waals surface area contributed by atoms with Crippen molar-refractivity contribution < 1.29 is 29.3 Å². The minimum absolute atomic E-state index is 0.154. The number of ether oxygens (including phenoxy) is 1. The van der Waals surface area contributed by atoms with Crippen molar-refractivity contribution in [1.82, 2.24) is 4.90 Å². The van der Waals surface area contributed by atoms with Crippen LogP contribution in [0.2, 0.25) is 0 Å². The van der Waals surface area contributed by atoms with E-state index in [9.17, 15) is 19.5 Å². The second-order valence-electron chi connectivity index (χ2n) is 4.34. The molecule has 0 aromatic carbocycles. The number of carbonyl (C=O) groups excluding carboxylic acids is 2. The van der Waals surface area contributed by atoms with Gasteiger partial charge in [-0.15, -0.1) is 0 Å². The van der Waals surface area contributed by atoms with Crippen LogP contribution in [0.5, 0.6) is 0 Å². The number of hydrogen-bond acceptors (Lipinski definition) is 6. The lowest BCUT2D eigenvalue weighted by Crippen LogP contribution is -2.60. The van der Waals surface area contributed by atoms with E-state index in [2.05, 4.69) is 0 Å². The van der Waals surface area contributed by atoms with Gasteiger partial charge in [0.25, 0.3) is 0 Å². The summed E-state index contributed by atoms with van der Waals surface area (Å²) in [5.74, 6) is -2.79. The Bertz CT molecular complexity index is 486. The number of fused-ring (bicyclic) bond motifs is 1. The summed E-state index contributed by atoms with van der Waals surface area (Å²) in [6.07, 6.45) is -0.843. The molecule has 3 atom stereocenters. The number of carboxylic acids is 1. The van der Waals surface area contributed by atoms with Gasteiger partial charge >= 0.3 is 11.9 Å². The van der Waals surface area contributed by atoms with Crippen molar-refractivity contribution >= 4 is 29.6 Å². The Balaban J connectivity index is 2.21. The number of aliphatic hydroxyl groups excluding tert-OH is 1. The summed E-state index contributed by atoms with van der Waals surface area (Å²) < 4.78 is 4.78. The molecule has 1 fully saturated rings. The molecule has 104 valence electrons. The SMILES string of the molecule is CC(=O)OCC1=C(C(=O)O)N2C(=O)[C@H]([C@@H](C)O)C2S1. The molecule has 0 aromatic rings. The molecule has 2 N–H and O–H groups in total. The van der Waals surface area contributed by atoms with E-state index in [1.54, 1.807) is 0 Å². The standard InChI is InChI=1S/C11H13NO6S/c1-4(13)7-9(15)12-8(11(16)17)6(19-10(7)12)3-18-5(2)14/h4,7,10,13H,3H2,1-2H3,(H,16,17)/t4-,7+,10?/m1/s1. The molecule has 0 bridgehead atoms. The summed E-state index contributed by atoms with van der Waals surface area (Å²) in [7, 11) is 0. The van der Waals surface area contributed by atoms with Gasteiger partial charge in [0, 0.05) is 6.92 Å². The number of amides is 1. The van der Waals surface area contributed by atoms with Crippen LogP contribution >= 0.6 is 11.8 Å². The summed E-state index contributed by atoms with van der Waals surface area (Å²) in [6.45, 7) is 2.54. The first-order chi connectivity index (χ1) is 8.84. The zero-order valence-electron chi connectivity index (χ0n) is 10.3. The number of carboxylic acid groups (broad SMARTS) is 1. The highest BCUT2D eigenvalue weighted by atomic mass is 32.2. The first-order valence-corrected chi connectivity index (χ1v) is 6.50. The zero-order chi connectivity index (χ0) is 14.3. The number of esters is 1. The van der Waals surface area contributed by atoms with Crippen LogP contribution < -0.4 is 0 Å². The van der Waals surface area contributed by atoms with E-state index in [0.717, 1.165) is 16.7 Å². The third-order valence-electron chi connectivity index (χ3n) is 2.98. The van der Waals surface area contributed by atoms with Crippen LogP contribution in [0.1, 0.15) is 13.8 Å². The third-order valence-corrected chi connectivity index (χ3v) is 4.32. The Morgan fingerprint density at radius 2 is 2.16 bits per heavy atom. The molecule has 2 rings (SSSR count). The summed E-state index contributed by atoms with van der Waals surface area (Å²) in [5, 5.41) is 18.2. The molecule has 0 radical (unpaired) electrons. The molecule has 7 nitrogen and oxygen atoms in total. The number of hydrogen-bond donors (Lipinski definition) is 2. The topological polar surface area (TPSA) is 104 Å². The maximum Gasteiger partial charge on any atom is 0.353 e. The number of thioether (sulfide) groups is 1. The van der Waals surface area contributed by atoms with E-state index in [1.165, 1.54) is 13.8 Å². The van der Waals surface area contributed by atoms with Crippen molar-refractivity contribution in [1.29, 1.82) is 0 Å². The molecule has 2 heterocycles. The van der Waals surface area contributed by atoms with Gasteiger partial charge in [0.05, 0.1) is 16.9 Å². The maximum atomic E-state index is 11.8. The van der Waals surface area contributed by atoms with Crippen molar-refractivity contribution in [3.63, 3.8) is 0 Å². The molecule has 2 aliphatic rings. The predicted octanol–water partition coefficient (Wildman–Crippen LogP) is -0.242. The smallest absolute Gasteiger partial charge is 0.353 e. The molecule has 2 aliphatic heterocycles. The van der Waals surface area contributed by atoms with Gasteiger partial charge in [-0.05, 0) is 6.92 Å². The normalized spacial score (nSPS) is 26.9. The fourth-order valence-corrected chi connectivity index (χ4v) is 3.64. The predicted molar refractivity (Wildman–Crippen MR) is 64.7 cm³/mol. The van der Waals surface area contributed by atoms with Crippen LogP contribution in [-0.2, 0) is 19.1 Å². The lowest BCUT2D eigenvalue weighted by molar-refractivity contribution is -0.156. The van der Waals surface area contributed by atoms with E-state index in [1.807, 2.05) is 0 Å². The summed E-state index contributed by atoms with van der Waals surface area (Å²) >= 11 is 1.15. The molecular weight excluding hydrogens is 274 g/mol. The molecule has 0 aliphatic carbocycles. The van der Waals surface area contributed by atoms with Crippen LogP contribution in [-0.4, -0.2) is 51.0 Å². The minimum Gasteiger partial charge on any atom is -0.477 e. The van der Waals surface area contributed by atoms with Crippen molar-refractivity contribution in [2.45, 2.75) is 25.3 Å². The van der Waals surface area contributed by atoms with Gasteiger partial charge in [-0.25, -0.2) is 4.79 Å². The molecule has 1 saturated heterocycles. The van der Waals surface area contributed by atoms with Crippen LogP contribution in [0.4, 0.5) is 0 Å². The summed E-state index contributed by atoms with van der Waals surface area (Å²) in [6, 6.07) is 0. The molecule has 0 aromatic heterocycles. The third kappa shape index (κ3) is 2.21. The van der Waals surface area contributed by atoms with Crippen LogP contribution in [0.15, 0.2) is 10.6 Å². The van der Waals surface area contributed by atoms with Crippen LogP contribution in [0, 0.1) is 5.92 Å². The molecule has 0 saturated carbocycles. The lowest BCUT2D eigenvalue weighted by Gasteiger charge is -2.43. The van der Waals surface area contributed by atoms with E-state index >= 15 is 0 Å². The van der Waals surface area contributed by atoms with Gasteiger partial charge in [-0.1, -0.05) is 11.8 Å². The lowest BCUT2D eigenvalue weighted by atomic mass is 9.92. The number of aliphatic carboxylic acids is 1. The molecule has 0 spiro atoms. The van der Waals surface area contributed by atoms with E-state index in [4.69, 9.17) is 9.84 Å². The number of nitrogens with zero attached hydrogens (tertiary/aromatic N) is 1. The average Bonchev–Trinajstić information content (AvgIpc) is 2.60. The first-order valence-electron chi connectivity index (χ1n) is 5.62. The Morgan fingerprint density at radius 3 is 2.63 bits per heavy atom. The fourth-order valence-electron chi connectivity index (χ4n) is 2.12. The molecule has 1 unspecified atom stereocenters. The van der Waals surface area contributed by atoms with Gasteiger partial charge in [0.15, 0.2) is 0 Å². The van der Waals surface area contributed by atoms with Gasteiger partial charge in [0.2, 0.25) is 5.91 Å². The minimum atomic E-state index is -1.24. The Morgan fingerprint density at radius 1 is 1.53 bits per heavy atom. The van der Waals surface area contributed by atoms with Crippen molar-refractivity contribution in [2.75, 3.05) is 6.61 Å². The molecule has 8 heteroatoms. The molecular formula is C11H13NO6S. The second kappa shape index (κ2) is 4.86. The van der Waals surface area contributed by atoms with Gasteiger partial charge in [0.1, 0.15) is 17.7 Å². The highest BCUT2D eigenvalue weighted by Gasteiger charge is 2.57. The fraction of sp³-hybridized carbons (Fsp3) is 0.545. The van der Waals surface area contributed by atoms with Crippen molar-refractivity contribution in [3.8, 4) is 0 Å².